The molecular formula is C21H42N8O5S. The largest absolute Gasteiger partial charge is 0.480 e. The summed E-state index contributed by atoms with van der Waals surface area (Å²) in [4.78, 5) is 53.7. The number of unbranched alkanes of at least 4 members (excludes halogenated alkanes) is 1. The molecule has 0 aromatic heterocycles. The number of nitrogens with one attached hydrogen (secondary N) is 3. The van der Waals surface area contributed by atoms with Gasteiger partial charge >= 0.3 is 5.97 Å². The lowest BCUT2D eigenvalue weighted by atomic mass is 9.98. The Bertz CT molecular complexity index is 720. The zero-order chi connectivity index (χ0) is 27.0. The number of aliphatic imine (C=N–C) groups is 1. The van der Waals surface area contributed by atoms with E-state index < -0.39 is 47.9 Å². The third kappa shape index (κ3) is 13.2. The monoisotopic (exact) mass is 518 g/mol. The van der Waals surface area contributed by atoms with Gasteiger partial charge in [0.05, 0.1) is 6.04 Å². The average Bonchev–Trinajstić information content (AvgIpc) is 2.81. The van der Waals surface area contributed by atoms with Crippen LogP contribution in [-0.4, -0.2) is 77.8 Å². The zero-order valence-electron chi connectivity index (χ0n) is 20.5. The molecule has 5 unspecified atom stereocenters. The highest BCUT2D eigenvalue weighted by atomic mass is 32.1. The molecule has 0 spiro atoms. The van der Waals surface area contributed by atoms with E-state index in [1.807, 2.05) is 13.8 Å². The Morgan fingerprint density at radius 3 is 1.89 bits per heavy atom. The fourth-order valence-electron chi connectivity index (χ4n) is 3.04. The van der Waals surface area contributed by atoms with Crippen LogP contribution in [0.25, 0.3) is 0 Å². The molecule has 14 heteroatoms. The minimum atomic E-state index is -1.25. The maximum absolute atomic E-state index is 13.1. The van der Waals surface area contributed by atoms with Crippen molar-refractivity contribution < 1.29 is 24.3 Å². The number of rotatable bonds is 18. The highest BCUT2D eigenvalue weighted by Crippen LogP contribution is 2.08. The number of carbonyl (C=O) groups is 4. The number of nitrogens with zero attached hydrogens (tertiary/aromatic N) is 1. The number of amides is 3. The molecule has 0 aliphatic heterocycles. The van der Waals surface area contributed by atoms with Gasteiger partial charge in [-0.2, -0.15) is 12.6 Å². The number of hydrogen-bond donors (Lipinski definition) is 9. The number of aliphatic carboxylic acids is 1. The Morgan fingerprint density at radius 2 is 1.43 bits per heavy atom. The lowest BCUT2D eigenvalue weighted by molar-refractivity contribution is -0.141. The fraction of sp³-hybridized carbons (Fsp3) is 0.762. The van der Waals surface area contributed by atoms with Gasteiger partial charge in [-0.1, -0.05) is 20.3 Å². The Hall–Kier alpha value is -2.58. The van der Waals surface area contributed by atoms with Crippen molar-refractivity contribution in [3.05, 3.63) is 0 Å². The van der Waals surface area contributed by atoms with Crippen LogP contribution in [0.15, 0.2) is 4.99 Å². The van der Waals surface area contributed by atoms with E-state index in [1.54, 1.807) is 0 Å². The molecule has 0 aliphatic rings. The van der Waals surface area contributed by atoms with E-state index in [0.29, 0.717) is 32.2 Å². The van der Waals surface area contributed by atoms with Crippen LogP contribution in [0.4, 0.5) is 0 Å². The summed E-state index contributed by atoms with van der Waals surface area (Å²) in [5.41, 5.74) is 22.2. The van der Waals surface area contributed by atoms with Crippen molar-refractivity contribution in [3.63, 3.8) is 0 Å². The lowest BCUT2D eigenvalue weighted by Gasteiger charge is -2.26. The number of thiol groups is 1. The van der Waals surface area contributed by atoms with Gasteiger partial charge in [0.1, 0.15) is 18.1 Å². The predicted molar refractivity (Wildman–Crippen MR) is 138 cm³/mol. The van der Waals surface area contributed by atoms with Crippen LogP contribution >= 0.6 is 12.6 Å². The molecule has 35 heavy (non-hydrogen) atoms. The highest BCUT2D eigenvalue weighted by Gasteiger charge is 2.30. The van der Waals surface area contributed by atoms with Crippen LogP contribution in [-0.2, 0) is 19.2 Å². The van der Waals surface area contributed by atoms with Crippen LogP contribution < -0.4 is 38.9 Å². The first kappa shape index (κ1) is 32.4. The number of guanidine groups is 1. The number of carboxylic acid groups (broad SMARTS) is 1. The second-order valence-corrected chi connectivity index (χ2v) is 8.71. The van der Waals surface area contributed by atoms with Gasteiger partial charge in [0.25, 0.3) is 0 Å². The van der Waals surface area contributed by atoms with E-state index in [0.717, 1.165) is 0 Å². The minimum absolute atomic E-state index is 0.0948. The zero-order valence-corrected chi connectivity index (χ0v) is 21.4. The summed E-state index contributed by atoms with van der Waals surface area (Å²) in [6.45, 7) is 4.36. The smallest absolute Gasteiger partial charge is 0.327 e. The molecule has 5 atom stereocenters. The first-order valence-electron chi connectivity index (χ1n) is 11.7. The Labute approximate surface area is 212 Å². The Morgan fingerprint density at radius 1 is 0.914 bits per heavy atom. The number of carbonyl (C=O) groups excluding carboxylic acids is 3. The van der Waals surface area contributed by atoms with Crippen molar-refractivity contribution in [1.82, 2.24) is 16.0 Å². The quantitative estimate of drug-likeness (QED) is 0.0421. The first-order chi connectivity index (χ1) is 16.5. The van der Waals surface area contributed by atoms with E-state index in [2.05, 4.69) is 33.6 Å². The van der Waals surface area contributed by atoms with Gasteiger partial charge in [-0.25, -0.2) is 4.79 Å². The summed E-state index contributed by atoms with van der Waals surface area (Å²) in [5.74, 6) is -3.34. The van der Waals surface area contributed by atoms with Crippen LogP contribution in [0.5, 0.6) is 0 Å². The normalized spacial score (nSPS) is 15.1. The van der Waals surface area contributed by atoms with Gasteiger partial charge in [0.15, 0.2) is 5.96 Å². The van der Waals surface area contributed by atoms with Gasteiger partial charge < -0.3 is 44.0 Å². The van der Waals surface area contributed by atoms with Crippen molar-refractivity contribution >= 4 is 42.3 Å². The second-order valence-electron chi connectivity index (χ2n) is 8.35. The summed E-state index contributed by atoms with van der Waals surface area (Å²) in [6, 6.07) is -4.07. The maximum Gasteiger partial charge on any atom is 0.327 e. The summed E-state index contributed by atoms with van der Waals surface area (Å²) in [5, 5.41) is 16.9. The van der Waals surface area contributed by atoms with Crippen molar-refractivity contribution in [2.24, 2.45) is 33.8 Å². The molecule has 0 saturated heterocycles. The van der Waals surface area contributed by atoms with Crippen LogP contribution in [0.1, 0.15) is 52.4 Å². The summed E-state index contributed by atoms with van der Waals surface area (Å²) >= 11 is 3.94. The third-order valence-corrected chi connectivity index (χ3v) is 5.88. The average molecular weight is 519 g/mol. The SMILES string of the molecule is CCC(C)C(N)C(=O)NC(CCCN=C(N)N)C(=O)NC(CCCCN)C(=O)NC(CS)C(=O)O. The molecule has 12 N–H and O–H groups in total. The van der Waals surface area contributed by atoms with Crippen molar-refractivity contribution in [3.8, 4) is 0 Å². The molecule has 0 saturated carbocycles. The van der Waals surface area contributed by atoms with Crippen molar-refractivity contribution in [2.75, 3.05) is 18.8 Å². The van der Waals surface area contributed by atoms with Gasteiger partial charge in [0, 0.05) is 12.3 Å². The van der Waals surface area contributed by atoms with Crippen molar-refractivity contribution in [1.29, 1.82) is 0 Å². The van der Waals surface area contributed by atoms with E-state index in [9.17, 15) is 24.3 Å². The molecule has 0 rings (SSSR count). The standard InChI is InChI=1S/C21H42N8O5S/c1-3-12(2)16(23)19(32)28-14(8-6-10-26-21(24)25)17(30)27-13(7-4-5-9-22)18(31)29-15(11-35)20(33)34/h12-16,35H,3-11,22-23H2,1-2H3,(H,27,30)(H,28,32)(H,29,31)(H,33,34)(H4,24,25,26). The molecule has 0 radical (unpaired) electrons. The molecule has 0 aliphatic carbocycles. The topological polar surface area (TPSA) is 241 Å². The first-order valence-corrected chi connectivity index (χ1v) is 12.4. The predicted octanol–water partition coefficient (Wildman–Crippen LogP) is -1.99. The van der Waals surface area contributed by atoms with Gasteiger partial charge in [-0.15, -0.1) is 0 Å². The summed E-state index contributed by atoms with van der Waals surface area (Å²) in [7, 11) is 0. The van der Waals surface area contributed by atoms with E-state index in [4.69, 9.17) is 22.9 Å². The Kier molecular flexibility index (Phi) is 16.5. The molecule has 0 bridgehead atoms. The third-order valence-electron chi connectivity index (χ3n) is 5.52. The maximum atomic E-state index is 13.1. The molecule has 0 heterocycles. The van der Waals surface area contributed by atoms with E-state index in [-0.39, 0.29) is 37.0 Å². The minimum Gasteiger partial charge on any atom is -0.480 e. The molecule has 0 fully saturated rings. The fourth-order valence-corrected chi connectivity index (χ4v) is 3.29. The van der Waals surface area contributed by atoms with E-state index in [1.165, 1.54) is 0 Å². The molecular weight excluding hydrogens is 476 g/mol. The molecule has 3 amide bonds. The van der Waals surface area contributed by atoms with Gasteiger partial charge in [-0.3, -0.25) is 19.4 Å². The number of nitrogens with two attached hydrogens (primary N) is 4. The second kappa shape index (κ2) is 17.8. The van der Waals surface area contributed by atoms with Gasteiger partial charge in [0.2, 0.25) is 17.7 Å². The van der Waals surface area contributed by atoms with Crippen molar-refractivity contribution in [2.45, 2.75) is 76.5 Å². The summed E-state index contributed by atoms with van der Waals surface area (Å²) in [6.07, 6.45) is 2.60. The summed E-state index contributed by atoms with van der Waals surface area (Å²) < 4.78 is 0. The molecule has 0 aromatic carbocycles. The van der Waals surface area contributed by atoms with E-state index >= 15 is 0 Å². The number of carboxylic acids is 1. The molecule has 202 valence electrons. The molecule has 13 nitrogen and oxygen atoms in total. The number of hydrogen-bond acceptors (Lipinski definition) is 8. The van der Waals surface area contributed by atoms with Crippen LogP contribution in [0.3, 0.4) is 0 Å². The Balaban J connectivity index is 5.57. The highest BCUT2D eigenvalue weighted by molar-refractivity contribution is 7.80. The van der Waals surface area contributed by atoms with Gasteiger partial charge in [-0.05, 0) is 44.6 Å². The molecule has 0 aromatic rings. The van der Waals surface area contributed by atoms with Crippen LogP contribution in [0.2, 0.25) is 0 Å². The lowest BCUT2D eigenvalue weighted by Crippen LogP contribution is -2.57. The van der Waals surface area contributed by atoms with Crippen LogP contribution in [0, 0.1) is 5.92 Å².